The Morgan fingerprint density at radius 1 is 0.667 bits per heavy atom. The van der Waals surface area contributed by atoms with E-state index >= 15 is 0 Å². The first-order chi connectivity index (χ1) is 16.9. The monoisotopic (exact) mass is 508 g/mol. The Balaban J connectivity index is 0.000000558. The highest BCUT2D eigenvalue weighted by atomic mass is 16.5. The zero-order valence-corrected chi connectivity index (χ0v) is 19.9. The molecule has 198 valence electrons. The maximum atomic E-state index is 11.3. The predicted octanol–water partition coefficient (Wildman–Crippen LogP) is 0.0314. The normalized spacial score (nSPS) is 13.2. The molecule has 12 nitrogen and oxygen atoms in total. The predicted molar refractivity (Wildman–Crippen MR) is 127 cm³/mol. The Hall–Kier alpha value is -3.84. The molecule has 2 rings (SSSR count). The minimum atomic E-state index is -1.82. The largest absolute Gasteiger partial charge is 0.473 e. The van der Waals surface area contributed by atoms with E-state index in [1.54, 1.807) is 0 Å². The lowest BCUT2D eigenvalue weighted by molar-refractivity contribution is -0.159. The lowest BCUT2D eigenvalue weighted by atomic mass is 10.2. The van der Waals surface area contributed by atoms with Crippen LogP contribution in [0, 0.1) is 0 Å². The summed E-state index contributed by atoms with van der Waals surface area (Å²) >= 11 is 0. The number of hydrogen-bond acceptors (Lipinski definition) is 10. The molecule has 0 heterocycles. The second-order valence-electron chi connectivity index (χ2n) is 7.33. The number of carboxylic acid groups (broad SMARTS) is 2. The lowest BCUT2D eigenvalue weighted by Gasteiger charge is -2.13. The van der Waals surface area contributed by atoms with Crippen molar-refractivity contribution in [2.24, 2.45) is 11.5 Å². The van der Waals surface area contributed by atoms with Gasteiger partial charge in [0.2, 0.25) is 0 Å². The SMILES string of the molecule is C[C@@H](O)[C@H](N)C(=O)OCc1ccccc1.C[C@@H](O)[C@H](N)C(=O)OCc1ccccc1.O=C(O)C(=O)O. The molecule has 0 unspecified atom stereocenters. The Kier molecular flexibility index (Phi) is 15.7. The molecule has 0 aliphatic heterocycles. The van der Waals surface area contributed by atoms with Crippen molar-refractivity contribution in [3.63, 3.8) is 0 Å². The van der Waals surface area contributed by atoms with Crippen molar-refractivity contribution < 1.29 is 49.1 Å². The van der Waals surface area contributed by atoms with Crippen LogP contribution in [0.4, 0.5) is 0 Å². The fourth-order valence-corrected chi connectivity index (χ4v) is 2.04. The summed E-state index contributed by atoms with van der Waals surface area (Å²) in [5.74, 6) is -4.83. The number of carbonyl (C=O) groups is 4. The Morgan fingerprint density at radius 2 is 0.944 bits per heavy atom. The average Bonchev–Trinajstić information content (AvgIpc) is 2.86. The van der Waals surface area contributed by atoms with Crippen LogP contribution in [-0.2, 0) is 41.9 Å². The number of esters is 2. The van der Waals surface area contributed by atoms with Crippen molar-refractivity contribution in [2.45, 2.75) is 51.4 Å². The van der Waals surface area contributed by atoms with Gasteiger partial charge in [0, 0.05) is 0 Å². The van der Waals surface area contributed by atoms with Gasteiger partial charge in [-0.3, -0.25) is 9.59 Å². The third-order valence-electron chi connectivity index (χ3n) is 4.21. The number of hydrogen-bond donors (Lipinski definition) is 6. The van der Waals surface area contributed by atoms with Gasteiger partial charge in [-0.15, -0.1) is 0 Å². The summed E-state index contributed by atoms with van der Waals surface area (Å²) in [5, 5.41) is 32.9. The van der Waals surface area contributed by atoms with Gasteiger partial charge in [0.1, 0.15) is 25.3 Å². The number of carbonyl (C=O) groups excluding carboxylic acids is 2. The summed E-state index contributed by atoms with van der Waals surface area (Å²) in [7, 11) is 0. The minimum absolute atomic E-state index is 0.181. The van der Waals surface area contributed by atoms with E-state index < -0.39 is 48.2 Å². The second kappa shape index (κ2) is 17.6. The Labute approximate surface area is 208 Å². The van der Waals surface area contributed by atoms with Gasteiger partial charge in [0.15, 0.2) is 0 Å². The molecule has 0 saturated heterocycles. The summed E-state index contributed by atoms with van der Waals surface area (Å²) in [5.41, 5.74) is 12.6. The van der Waals surface area contributed by atoms with E-state index in [0.717, 1.165) is 11.1 Å². The van der Waals surface area contributed by atoms with Crippen LogP contribution >= 0.6 is 0 Å². The van der Waals surface area contributed by atoms with Crippen LogP contribution in [0.5, 0.6) is 0 Å². The van der Waals surface area contributed by atoms with Gasteiger partial charge >= 0.3 is 23.9 Å². The first-order valence-electron chi connectivity index (χ1n) is 10.6. The van der Waals surface area contributed by atoms with E-state index in [1.807, 2.05) is 60.7 Å². The molecule has 8 N–H and O–H groups in total. The molecular formula is C24H32N2O10. The molecule has 0 radical (unpaired) electrons. The summed E-state index contributed by atoms with van der Waals surface area (Å²) in [6, 6.07) is 16.6. The van der Waals surface area contributed by atoms with E-state index in [9.17, 15) is 9.59 Å². The summed E-state index contributed by atoms with van der Waals surface area (Å²) in [6.07, 6.45) is -1.79. The first kappa shape index (κ1) is 32.2. The summed E-state index contributed by atoms with van der Waals surface area (Å²) in [6.45, 7) is 3.27. The molecule has 2 aromatic rings. The van der Waals surface area contributed by atoms with Crippen molar-refractivity contribution in [3.05, 3.63) is 71.8 Å². The third kappa shape index (κ3) is 14.4. The molecule has 0 fully saturated rings. The molecule has 36 heavy (non-hydrogen) atoms. The van der Waals surface area contributed by atoms with Gasteiger partial charge < -0.3 is 41.4 Å². The van der Waals surface area contributed by atoms with Crippen LogP contribution in [-0.4, -0.2) is 68.6 Å². The number of nitrogens with two attached hydrogens (primary N) is 2. The zero-order valence-electron chi connectivity index (χ0n) is 19.9. The third-order valence-corrected chi connectivity index (χ3v) is 4.21. The van der Waals surface area contributed by atoms with E-state index in [1.165, 1.54) is 13.8 Å². The maximum absolute atomic E-state index is 11.3. The number of aliphatic carboxylic acids is 2. The van der Waals surface area contributed by atoms with Crippen LogP contribution in [0.25, 0.3) is 0 Å². The minimum Gasteiger partial charge on any atom is -0.473 e. The number of rotatable bonds is 8. The quantitative estimate of drug-likeness (QED) is 0.205. The Bertz CT molecular complexity index is 859. The molecule has 4 atom stereocenters. The number of benzene rings is 2. The molecule has 0 aromatic heterocycles. The average molecular weight is 509 g/mol. The highest BCUT2D eigenvalue weighted by Gasteiger charge is 2.20. The fourth-order valence-electron chi connectivity index (χ4n) is 2.04. The summed E-state index contributed by atoms with van der Waals surface area (Å²) in [4.78, 5) is 40.7. The number of carboxylic acids is 2. The molecule has 0 aliphatic rings. The van der Waals surface area contributed by atoms with Gasteiger partial charge in [-0.05, 0) is 25.0 Å². The molecule has 12 heteroatoms. The van der Waals surface area contributed by atoms with Crippen LogP contribution in [0.2, 0.25) is 0 Å². The Morgan fingerprint density at radius 3 is 1.17 bits per heavy atom. The number of aliphatic hydroxyl groups excluding tert-OH is 2. The second-order valence-corrected chi connectivity index (χ2v) is 7.33. The van der Waals surface area contributed by atoms with Crippen molar-refractivity contribution in [1.82, 2.24) is 0 Å². The molecule has 2 aromatic carbocycles. The first-order valence-corrected chi connectivity index (χ1v) is 10.6. The number of aliphatic hydroxyl groups is 2. The van der Waals surface area contributed by atoms with Gasteiger partial charge in [0.05, 0.1) is 12.2 Å². The van der Waals surface area contributed by atoms with E-state index in [-0.39, 0.29) is 13.2 Å². The molecule has 0 bridgehead atoms. The lowest BCUT2D eigenvalue weighted by Crippen LogP contribution is -2.41. The van der Waals surface area contributed by atoms with Gasteiger partial charge in [0.25, 0.3) is 0 Å². The van der Waals surface area contributed by atoms with E-state index in [2.05, 4.69) is 0 Å². The smallest absolute Gasteiger partial charge is 0.414 e. The fraction of sp³-hybridized carbons (Fsp3) is 0.333. The topological polar surface area (TPSA) is 220 Å². The van der Waals surface area contributed by atoms with E-state index in [0.29, 0.717) is 0 Å². The van der Waals surface area contributed by atoms with Gasteiger partial charge in [-0.2, -0.15) is 0 Å². The van der Waals surface area contributed by atoms with Crippen molar-refractivity contribution in [1.29, 1.82) is 0 Å². The standard InChI is InChI=1S/2C11H15NO3.C2H2O4/c2*1-8(13)10(12)11(14)15-7-9-5-3-2-4-6-9;3-1(4)2(5)6/h2*2-6,8,10,13H,7,12H2,1H3;(H,3,4)(H,5,6)/t2*8-,10+;/m11./s1. The summed E-state index contributed by atoms with van der Waals surface area (Å²) < 4.78 is 9.85. The molecule has 0 aliphatic carbocycles. The molecular weight excluding hydrogens is 476 g/mol. The van der Waals surface area contributed by atoms with Crippen LogP contribution in [0.15, 0.2) is 60.7 Å². The van der Waals surface area contributed by atoms with Crippen molar-refractivity contribution >= 4 is 23.9 Å². The van der Waals surface area contributed by atoms with Gasteiger partial charge in [-0.1, -0.05) is 60.7 Å². The molecule has 0 amide bonds. The van der Waals surface area contributed by atoms with Gasteiger partial charge in [-0.25, -0.2) is 9.59 Å². The van der Waals surface area contributed by atoms with E-state index in [4.69, 9.17) is 51.0 Å². The van der Waals surface area contributed by atoms with Crippen LogP contribution < -0.4 is 11.5 Å². The van der Waals surface area contributed by atoms with Crippen molar-refractivity contribution in [3.8, 4) is 0 Å². The highest BCUT2D eigenvalue weighted by molar-refractivity contribution is 6.27. The molecule has 0 saturated carbocycles. The highest BCUT2D eigenvalue weighted by Crippen LogP contribution is 2.03. The van der Waals surface area contributed by atoms with Crippen LogP contribution in [0.3, 0.4) is 0 Å². The van der Waals surface area contributed by atoms with Crippen molar-refractivity contribution in [2.75, 3.05) is 0 Å². The maximum Gasteiger partial charge on any atom is 0.414 e. The molecule has 0 spiro atoms. The number of ether oxygens (including phenoxy) is 2. The zero-order chi connectivity index (χ0) is 27.7. The van der Waals surface area contributed by atoms with Crippen LogP contribution in [0.1, 0.15) is 25.0 Å².